The van der Waals surface area contributed by atoms with Gasteiger partial charge in [0.05, 0.1) is 10.7 Å². The van der Waals surface area contributed by atoms with Gasteiger partial charge in [0.25, 0.3) is 11.1 Å². The Bertz CT molecular complexity index is 1370. The standard InChI is InChI=1S/C19H15Cl2N5O3S2/c1-10-6-12(11(2)26(10)16-8-14(20)4-5-15(16)21)7-13(9-22)17(27)23-18-24-19(25-30-18)31(3,28)29/h4-8H,1-3H3,(H,23,24,25,27). The second-order valence-electron chi connectivity index (χ2n) is 6.54. The van der Waals surface area contributed by atoms with Crippen LogP contribution in [0.1, 0.15) is 17.0 Å². The minimum absolute atomic E-state index is 0.0252. The largest absolute Gasteiger partial charge is 0.316 e. The number of hydrogen-bond acceptors (Lipinski definition) is 7. The zero-order valence-electron chi connectivity index (χ0n) is 16.5. The quantitative estimate of drug-likeness (QED) is 0.418. The van der Waals surface area contributed by atoms with Gasteiger partial charge in [0, 0.05) is 34.2 Å². The van der Waals surface area contributed by atoms with E-state index in [1.54, 1.807) is 18.2 Å². The van der Waals surface area contributed by atoms with Gasteiger partial charge >= 0.3 is 0 Å². The normalized spacial score (nSPS) is 11.9. The molecule has 0 fully saturated rings. The number of rotatable bonds is 5. The van der Waals surface area contributed by atoms with Crippen LogP contribution in [0.5, 0.6) is 0 Å². The average molecular weight is 496 g/mol. The molecular formula is C19H15Cl2N5O3S2. The van der Waals surface area contributed by atoms with E-state index >= 15 is 0 Å². The zero-order valence-corrected chi connectivity index (χ0v) is 19.6. The molecule has 2 aromatic heterocycles. The molecule has 0 aliphatic rings. The lowest BCUT2D eigenvalue weighted by Gasteiger charge is -2.12. The highest BCUT2D eigenvalue weighted by Crippen LogP contribution is 2.30. The fourth-order valence-corrected chi connectivity index (χ4v) is 4.65. The number of halogens is 2. The van der Waals surface area contributed by atoms with Gasteiger partial charge in [-0.25, -0.2) is 8.42 Å². The number of amides is 1. The van der Waals surface area contributed by atoms with Gasteiger partial charge in [-0.2, -0.15) is 14.6 Å². The van der Waals surface area contributed by atoms with E-state index in [1.165, 1.54) is 6.08 Å². The van der Waals surface area contributed by atoms with Crippen LogP contribution < -0.4 is 5.32 Å². The fraction of sp³-hybridized carbons (Fsp3) is 0.158. The van der Waals surface area contributed by atoms with Gasteiger partial charge in [-0.15, -0.1) is 0 Å². The Kier molecular flexibility index (Phi) is 6.52. The highest BCUT2D eigenvalue weighted by Gasteiger charge is 2.19. The Morgan fingerprint density at radius 1 is 1.29 bits per heavy atom. The lowest BCUT2D eigenvalue weighted by atomic mass is 10.1. The number of benzene rings is 1. The smallest absolute Gasteiger partial charge is 0.268 e. The summed E-state index contributed by atoms with van der Waals surface area (Å²) in [6, 6.07) is 8.76. The predicted molar refractivity (Wildman–Crippen MR) is 121 cm³/mol. The van der Waals surface area contributed by atoms with Crippen LogP contribution in [0.25, 0.3) is 11.8 Å². The van der Waals surface area contributed by atoms with Crippen molar-refractivity contribution in [3.8, 4) is 11.8 Å². The third-order valence-corrected chi connectivity index (χ3v) is 6.39. The molecule has 31 heavy (non-hydrogen) atoms. The van der Waals surface area contributed by atoms with Crippen LogP contribution in [0.3, 0.4) is 0 Å². The van der Waals surface area contributed by atoms with Crippen molar-refractivity contribution in [3.05, 3.63) is 56.8 Å². The summed E-state index contributed by atoms with van der Waals surface area (Å²) in [5.74, 6) is -0.732. The molecule has 1 amide bonds. The predicted octanol–water partition coefficient (Wildman–Crippen LogP) is 4.20. The van der Waals surface area contributed by atoms with E-state index in [2.05, 4.69) is 14.7 Å². The van der Waals surface area contributed by atoms with Crippen LogP contribution in [-0.2, 0) is 14.6 Å². The van der Waals surface area contributed by atoms with Crippen LogP contribution in [-0.4, -0.2) is 34.5 Å². The number of anilines is 1. The molecular weight excluding hydrogens is 481 g/mol. The lowest BCUT2D eigenvalue weighted by Crippen LogP contribution is -2.13. The van der Waals surface area contributed by atoms with Crippen LogP contribution in [0.4, 0.5) is 5.13 Å². The van der Waals surface area contributed by atoms with Gasteiger partial charge in [0.2, 0.25) is 15.0 Å². The number of sulfone groups is 1. The van der Waals surface area contributed by atoms with Crippen molar-refractivity contribution in [1.29, 1.82) is 5.26 Å². The summed E-state index contributed by atoms with van der Waals surface area (Å²) in [4.78, 5) is 16.3. The summed E-state index contributed by atoms with van der Waals surface area (Å²) in [6.45, 7) is 3.69. The van der Waals surface area contributed by atoms with Gasteiger partial charge in [0.15, 0.2) is 0 Å². The van der Waals surface area contributed by atoms with Crippen LogP contribution in [0.15, 0.2) is 35.0 Å². The SMILES string of the molecule is Cc1cc(C=C(C#N)C(=O)Nc2nc(S(C)(=O)=O)ns2)c(C)n1-c1cc(Cl)ccc1Cl. The maximum Gasteiger partial charge on any atom is 0.268 e. The topological polar surface area (TPSA) is 118 Å². The number of aromatic nitrogens is 3. The number of nitrogens with zero attached hydrogens (tertiary/aromatic N) is 4. The highest BCUT2D eigenvalue weighted by molar-refractivity contribution is 7.90. The van der Waals surface area contributed by atoms with Crippen molar-refractivity contribution >= 4 is 61.7 Å². The monoisotopic (exact) mass is 495 g/mol. The van der Waals surface area contributed by atoms with Gasteiger partial charge in [0.1, 0.15) is 11.6 Å². The molecule has 0 saturated carbocycles. The van der Waals surface area contributed by atoms with Crippen LogP contribution in [0, 0.1) is 25.2 Å². The minimum atomic E-state index is -3.60. The number of carbonyl (C=O) groups excluding carboxylic acids is 1. The molecule has 0 atom stereocenters. The summed E-state index contributed by atoms with van der Waals surface area (Å²) in [5.41, 5.74) is 2.70. The van der Waals surface area contributed by atoms with Gasteiger partial charge in [-0.05, 0) is 49.8 Å². The van der Waals surface area contributed by atoms with Crippen molar-refractivity contribution in [1.82, 2.24) is 13.9 Å². The molecule has 2 heterocycles. The van der Waals surface area contributed by atoms with Gasteiger partial charge < -0.3 is 4.57 Å². The number of aryl methyl sites for hydroxylation is 1. The minimum Gasteiger partial charge on any atom is -0.316 e. The van der Waals surface area contributed by atoms with Crippen molar-refractivity contribution in [2.45, 2.75) is 19.0 Å². The number of nitriles is 1. The molecule has 160 valence electrons. The van der Waals surface area contributed by atoms with Crippen LogP contribution in [0.2, 0.25) is 10.0 Å². The summed E-state index contributed by atoms with van der Waals surface area (Å²) in [7, 11) is -3.60. The Morgan fingerprint density at radius 3 is 2.61 bits per heavy atom. The van der Waals surface area contributed by atoms with E-state index in [-0.39, 0.29) is 10.7 Å². The van der Waals surface area contributed by atoms with E-state index < -0.39 is 20.9 Å². The molecule has 0 saturated heterocycles. The first-order valence-corrected chi connectivity index (χ1v) is 12.0. The Hall–Kier alpha value is -2.71. The maximum atomic E-state index is 12.5. The van der Waals surface area contributed by atoms with E-state index in [0.29, 0.717) is 32.8 Å². The first-order chi connectivity index (χ1) is 14.5. The molecule has 1 aromatic carbocycles. The third-order valence-electron chi connectivity index (χ3n) is 4.24. The molecule has 0 unspecified atom stereocenters. The molecule has 3 aromatic rings. The molecule has 0 bridgehead atoms. The lowest BCUT2D eigenvalue weighted by molar-refractivity contribution is -0.112. The fourth-order valence-electron chi connectivity index (χ4n) is 2.84. The van der Waals surface area contributed by atoms with E-state index in [1.807, 2.05) is 30.6 Å². The zero-order chi connectivity index (χ0) is 22.9. The van der Waals surface area contributed by atoms with Gasteiger partial charge in [-0.3, -0.25) is 10.1 Å². The molecule has 1 N–H and O–H groups in total. The summed E-state index contributed by atoms with van der Waals surface area (Å²) >= 11 is 13.1. The number of hydrogen-bond donors (Lipinski definition) is 1. The van der Waals surface area contributed by atoms with Crippen molar-refractivity contribution in [3.63, 3.8) is 0 Å². The summed E-state index contributed by atoms with van der Waals surface area (Å²) < 4.78 is 28.5. The summed E-state index contributed by atoms with van der Waals surface area (Å²) in [6.07, 6.45) is 2.40. The Labute approximate surface area is 192 Å². The van der Waals surface area contributed by atoms with E-state index in [9.17, 15) is 18.5 Å². The highest BCUT2D eigenvalue weighted by atomic mass is 35.5. The third kappa shape index (κ3) is 4.97. The first kappa shape index (κ1) is 23.0. The van der Waals surface area contributed by atoms with Crippen molar-refractivity contribution < 1.29 is 13.2 Å². The maximum absolute atomic E-state index is 12.5. The van der Waals surface area contributed by atoms with Crippen molar-refractivity contribution in [2.75, 3.05) is 11.6 Å². The molecule has 12 heteroatoms. The van der Waals surface area contributed by atoms with E-state index in [0.717, 1.165) is 17.6 Å². The van der Waals surface area contributed by atoms with Gasteiger partial charge in [-0.1, -0.05) is 23.2 Å². The Balaban J connectivity index is 1.94. The summed E-state index contributed by atoms with van der Waals surface area (Å²) in [5, 5.41) is 12.5. The molecule has 0 radical (unpaired) electrons. The molecule has 0 aliphatic heterocycles. The average Bonchev–Trinajstić information content (AvgIpc) is 3.26. The number of nitrogens with one attached hydrogen (secondary N) is 1. The molecule has 3 rings (SSSR count). The van der Waals surface area contributed by atoms with Crippen molar-refractivity contribution in [2.24, 2.45) is 0 Å². The molecule has 8 nitrogen and oxygen atoms in total. The Morgan fingerprint density at radius 2 is 2.00 bits per heavy atom. The second kappa shape index (κ2) is 8.80. The first-order valence-electron chi connectivity index (χ1n) is 8.62. The second-order valence-corrected chi connectivity index (χ2v) is 10.0. The molecule has 0 aliphatic carbocycles. The number of carbonyl (C=O) groups is 1. The van der Waals surface area contributed by atoms with Crippen LogP contribution >= 0.6 is 34.7 Å². The molecule has 0 spiro atoms. The van der Waals surface area contributed by atoms with E-state index in [4.69, 9.17) is 23.2 Å².